The molecular weight excluding hydrogens is 290 g/mol. The van der Waals surface area contributed by atoms with Gasteiger partial charge in [-0.25, -0.2) is 8.42 Å². The molecule has 5 nitrogen and oxygen atoms in total. The zero-order valence-electron chi connectivity index (χ0n) is 12.4. The monoisotopic (exact) mass is 311 g/mol. The topological polar surface area (TPSA) is 63.7 Å². The van der Waals surface area contributed by atoms with Crippen molar-refractivity contribution in [2.24, 2.45) is 5.92 Å². The van der Waals surface area contributed by atoms with Gasteiger partial charge in [0.1, 0.15) is 12.4 Å². The van der Waals surface area contributed by atoms with Gasteiger partial charge in [0, 0.05) is 7.05 Å². The number of hydrogen-bond donors (Lipinski definition) is 0. The highest BCUT2D eigenvalue weighted by Gasteiger charge is 2.34. The van der Waals surface area contributed by atoms with Crippen LogP contribution in [0.25, 0.3) is 0 Å². The van der Waals surface area contributed by atoms with Gasteiger partial charge in [0.15, 0.2) is 9.84 Å². The molecule has 0 aliphatic carbocycles. The van der Waals surface area contributed by atoms with E-state index in [1.807, 2.05) is 31.2 Å². The Bertz CT molecular complexity index is 595. The maximum Gasteiger partial charge on any atom is 0.226 e. The number of ether oxygens (including phenoxy) is 1. The molecule has 0 N–H and O–H groups in total. The van der Waals surface area contributed by atoms with Crippen LogP contribution in [0.1, 0.15) is 12.0 Å². The first-order valence-corrected chi connectivity index (χ1v) is 8.84. The Morgan fingerprint density at radius 3 is 2.57 bits per heavy atom. The molecule has 21 heavy (non-hydrogen) atoms. The van der Waals surface area contributed by atoms with Crippen molar-refractivity contribution in [1.82, 2.24) is 4.90 Å². The Morgan fingerprint density at radius 2 is 2.00 bits per heavy atom. The van der Waals surface area contributed by atoms with Gasteiger partial charge in [-0.15, -0.1) is 0 Å². The number of benzene rings is 1. The molecule has 1 saturated heterocycles. The molecule has 1 aromatic rings. The summed E-state index contributed by atoms with van der Waals surface area (Å²) in [6, 6.07) is 7.71. The van der Waals surface area contributed by atoms with Gasteiger partial charge in [-0.05, 0) is 25.5 Å². The number of carbonyl (C=O) groups is 1. The number of sulfone groups is 1. The Labute approximate surface area is 125 Å². The van der Waals surface area contributed by atoms with Crippen LogP contribution in [-0.4, -0.2) is 50.9 Å². The van der Waals surface area contributed by atoms with Crippen molar-refractivity contribution < 1.29 is 17.9 Å². The Morgan fingerprint density at radius 1 is 1.33 bits per heavy atom. The number of carbonyl (C=O) groups excluding carboxylic acids is 1. The number of hydrogen-bond acceptors (Lipinski definition) is 4. The standard InChI is InChI=1S/C15H21NO4S/c1-12-3-5-14(6-4-12)20-9-8-16(2)15(17)13-7-10-21(18,19)11-13/h3-6,13H,7-11H2,1-2H3. The van der Waals surface area contributed by atoms with E-state index in [9.17, 15) is 13.2 Å². The van der Waals surface area contributed by atoms with E-state index in [0.29, 0.717) is 19.6 Å². The Kier molecular flexibility index (Phi) is 4.88. The lowest BCUT2D eigenvalue weighted by molar-refractivity contribution is -0.133. The first-order chi connectivity index (χ1) is 9.87. The Balaban J connectivity index is 1.78. The summed E-state index contributed by atoms with van der Waals surface area (Å²) in [5, 5.41) is 0. The number of amides is 1. The normalized spacial score (nSPS) is 20.2. The summed E-state index contributed by atoms with van der Waals surface area (Å²) in [7, 11) is -1.33. The van der Waals surface area contributed by atoms with Crippen LogP contribution in [0, 0.1) is 12.8 Å². The minimum Gasteiger partial charge on any atom is -0.492 e. The second-order valence-corrected chi connectivity index (χ2v) is 7.75. The highest BCUT2D eigenvalue weighted by atomic mass is 32.2. The van der Waals surface area contributed by atoms with E-state index in [-0.39, 0.29) is 23.3 Å². The van der Waals surface area contributed by atoms with Gasteiger partial charge in [-0.3, -0.25) is 4.79 Å². The van der Waals surface area contributed by atoms with Crippen molar-refractivity contribution in [3.05, 3.63) is 29.8 Å². The number of rotatable bonds is 5. The third-order valence-corrected chi connectivity index (χ3v) is 5.44. The molecular formula is C15H21NO4S. The van der Waals surface area contributed by atoms with Crippen LogP contribution < -0.4 is 4.74 Å². The minimum atomic E-state index is -3.02. The highest BCUT2D eigenvalue weighted by Crippen LogP contribution is 2.20. The number of aryl methyl sites for hydroxylation is 1. The van der Waals surface area contributed by atoms with Crippen LogP contribution in [-0.2, 0) is 14.6 Å². The average Bonchev–Trinajstić information content (AvgIpc) is 2.80. The smallest absolute Gasteiger partial charge is 0.226 e. The highest BCUT2D eigenvalue weighted by molar-refractivity contribution is 7.91. The van der Waals surface area contributed by atoms with Crippen LogP contribution in [0.3, 0.4) is 0 Å². The minimum absolute atomic E-state index is 0.0189. The zero-order chi connectivity index (χ0) is 15.5. The van der Waals surface area contributed by atoms with E-state index in [0.717, 1.165) is 11.3 Å². The summed E-state index contributed by atoms with van der Waals surface area (Å²) in [5.41, 5.74) is 1.16. The van der Waals surface area contributed by atoms with Crippen LogP contribution in [0.4, 0.5) is 0 Å². The van der Waals surface area contributed by atoms with E-state index in [1.54, 1.807) is 11.9 Å². The predicted molar refractivity (Wildman–Crippen MR) is 81.1 cm³/mol. The van der Waals surface area contributed by atoms with Crippen LogP contribution in [0.15, 0.2) is 24.3 Å². The summed E-state index contributed by atoms with van der Waals surface area (Å²) in [5.74, 6) is 0.374. The molecule has 1 heterocycles. The fourth-order valence-electron chi connectivity index (χ4n) is 2.35. The maximum absolute atomic E-state index is 12.1. The second kappa shape index (κ2) is 6.47. The fraction of sp³-hybridized carbons (Fsp3) is 0.533. The SMILES string of the molecule is Cc1ccc(OCCN(C)C(=O)C2CCS(=O)(=O)C2)cc1. The van der Waals surface area contributed by atoms with E-state index < -0.39 is 9.84 Å². The van der Waals surface area contributed by atoms with Crippen molar-refractivity contribution in [2.45, 2.75) is 13.3 Å². The Hall–Kier alpha value is -1.56. The van der Waals surface area contributed by atoms with E-state index in [2.05, 4.69) is 0 Å². The van der Waals surface area contributed by atoms with Crippen molar-refractivity contribution >= 4 is 15.7 Å². The van der Waals surface area contributed by atoms with Gasteiger partial charge < -0.3 is 9.64 Å². The fourth-order valence-corrected chi connectivity index (χ4v) is 4.08. The molecule has 1 atom stereocenters. The van der Waals surface area contributed by atoms with Gasteiger partial charge in [0.05, 0.1) is 24.0 Å². The molecule has 0 aromatic heterocycles. The van der Waals surface area contributed by atoms with Gasteiger partial charge in [0.25, 0.3) is 0 Å². The van der Waals surface area contributed by atoms with Crippen molar-refractivity contribution in [2.75, 3.05) is 31.7 Å². The molecule has 0 radical (unpaired) electrons. The molecule has 116 valence electrons. The molecule has 1 aromatic carbocycles. The number of nitrogens with zero attached hydrogens (tertiary/aromatic N) is 1. The van der Waals surface area contributed by atoms with Crippen molar-refractivity contribution in [1.29, 1.82) is 0 Å². The third kappa shape index (κ3) is 4.46. The summed E-state index contributed by atoms with van der Waals surface area (Å²) >= 11 is 0. The molecule has 1 aliphatic rings. The molecule has 0 spiro atoms. The second-order valence-electron chi connectivity index (χ2n) is 5.52. The lowest BCUT2D eigenvalue weighted by Crippen LogP contribution is -2.36. The molecule has 0 bridgehead atoms. The van der Waals surface area contributed by atoms with E-state index >= 15 is 0 Å². The van der Waals surface area contributed by atoms with Crippen molar-refractivity contribution in [3.8, 4) is 5.75 Å². The summed E-state index contributed by atoms with van der Waals surface area (Å²) < 4.78 is 28.4. The maximum atomic E-state index is 12.1. The van der Waals surface area contributed by atoms with Gasteiger partial charge >= 0.3 is 0 Å². The van der Waals surface area contributed by atoms with Gasteiger partial charge in [0.2, 0.25) is 5.91 Å². The zero-order valence-corrected chi connectivity index (χ0v) is 13.2. The van der Waals surface area contributed by atoms with Crippen molar-refractivity contribution in [3.63, 3.8) is 0 Å². The summed E-state index contributed by atoms with van der Waals surface area (Å²) in [6.45, 7) is 2.85. The quantitative estimate of drug-likeness (QED) is 0.821. The molecule has 0 saturated carbocycles. The van der Waals surface area contributed by atoms with Crippen LogP contribution in [0.5, 0.6) is 5.75 Å². The summed E-state index contributed by atoms with van der Waals surface area (Å²) in [6.07, 6.45) is 0.435. The molecule has 1 amide bonds. The van der Waals surface area contributed by atoms with E-state index in [4.69, 9.17) is 4.74 Å². The largest absolute Gasteiger partial charge is 0.492 e. The molecule has 6 heteroatoms. The van der Waals surface area contributed by atoms with Gasteiger partial charge in [-0.2, -0.15) is 0 Å². The first-order valence-electron chi connectivity index (χ1n) is 7.02. The molecule has 2 rings (SSSR count). The lowest BCUT2D eigenvalue weighted by Gasteiger charge is -2.20. The lowest BCUT2D eigenvalue weighted by atomic mass is 10.1. The molecule has 1 aliphatic heterocycles. The number of likely N-dealkylation sites (N-methyl/N-ethyl adjacent to an activating group) is 1. The molecule has 1 unspecified atom stereocenters. The van der Waals surface area contributed by atoms with E-state index in [1.165, 1.54) is 0 Å². The third-order valence-electron chi connectivity index (χ3n) is 3.67. The summed E-state index contributed by atoms with van der Waals surface area (Å²) in [4.78, 5) is 13.7. The van der Waals surface area contributed by atoms with Crippen LogP contribution in [0.2, 0.25) is 0 Å². The van der Waals surface area contributed by atoms with Gasteiger partial charge in [-0.1, -0.05) is 17.7 Å². The predicted octanol–water partition coefficient (Wildman–Crippen LogP) is 1.27. The molecule has 1 fully saturated rings. The average molecular weight is 311 g/mol. The van der Waals surface area contributed by atoms with Crippen LogP contribution >= 0.6 is 0 Å². The first kappa shape index (κ1) is 15.8.